The monoisotopic (exact) mass is 337 g/mol. The second-order valence-corrected chi connectivity index (χ2v) is 6.51. The van der Waals surface area contributed by atoms with Gasteiger partial charge in [-0.15, -0.1) is 11.3 Å². The third kappa shape index (κ3) is 3.91. The Labute approximate surface area is 128 Å². The molecule has 1 unspecified atom stereocenters. The summed E-state index contributed by atoms with van der Waals surface area (Å²) in [5.74, 6) is 0. The fourth-order valence-electron chi connectivity index (χ4n) is 2.14. The van der Waals surface area contributed by atoms with Crippen LogP contribution in [0.1, 0.15) is 42.3 Å². The quantitative estimate of drug-likeness (QED) is 0.767. The zero-order valence-electron chi connectivity index (χ0n) is 11.4. The maximum absolute atomic E-state index is 3.66. The van der Waals surface area contributed by atoms with Crippen LogP contribution < -0.4 is 5.32 Å². The van der Waals surface area contributed by atoms with E-state index < -0.39 is 0 Å². The minimum atomic E-state index is 0.308. The van der Waals surface area contributed by atoms with Gasteiger partial charge in [-0.05, 0) is 52.5 Å². The van der Waals surface area contributed by atoms with Crippen LogP contribution in [0.2, 0.25) is 0 Å². The van der Waals surface area contributed by atoms with Crippen molar-refractivity contribution in [2.75, 3.05) is 6.54 Å². The van der Waals surface area contributed by atoms with Crippen molar-refractivity contribution in [2.45, 2.75) is 32.7 Å². The number of rotatable bonds is 6. The lowest BCUT2D eigenvalue weighted by Gasteiger charge is -2.18. The molecule has 1 aromatic heterocycles. The van der Waals surface area contributed by atoms with E-state index in [1.807, 2.05) is 11.3 Å². The molecule has 0 fully saturated rings. The lowest BCUT2D eigenvalue weighted by atomic mass is 10.0. The largest absolute Gasteiger partial charge is 0.306 e. The Hall–Kier alpha value is -0.640. The van der Waals surface area contributed by atoms with Gasteiger partial charge in [-0.1, -0.05) is 38.1 Å². The maximum Gasteiger partial charge on any atom is 0.0671 e. The Bertz CT molecular complexity index is 521. The molecule has 0 aliphatic carbocycles. The molecule has 3 heteroatoms. The summed E-state index contributed by atoms with van der Waals surface area (Å²) in [5.41, 5.74) is 2.76. The number of benzene rings is 1. The first-order valence-corrected chi connectivity index (χ1v) is 8.48. The van der Waals surface area contributed by atoms with Crippen LogP contribution in [-0.2, 0) is 6.42 Å². The van der Waals surface area contributed by atoms with Crippen molar-refractivity contribution in [1.29, 1.82) is 0 Å². The van der Waals surface area contributed by atoms with Crippen molar-refractivity contribution in [1.82, 2.24) is 5.32 Å². The number of aryl methyl sites for hydroxylation is 1. The highest BCUT2D eigenvalue weighted by Crippen LogP contribution is 2.30. The third-order valence-electron chi connectivity index (χ3n) is 3.16. The molecular formula is C16H20BrNS. The smallest absolute Gasteiger partial charge is 0.0671 e. The number of hydrogen-bond acceptors (Lipinski definition) is 2. The molecule has 2 rings (SSSR count). The molecule has 0 aliphatic heterocycles. The van der Waals surface area contributed by atoms with Crippen LogP contribution in [0, 0.1) is 0 Å². The van der Waals surface area contributed by atoms with Gasteiger partial charge in [0.25, 0.3) is 0 Å². The van der Waals surface area contributed by atoms with Crippen LogP contribution >= 0.6 is 27.3 Å². The Morgan fingerprint density at radius 2 is 2.11 bits per heavy atom. The average Bonchev–Trinajstić information content (AvgIpc) is 2.86. The first kappa shape index (κ1) is 14.8. The topological polar surface area (TPSA) is 12.0 Å². The molecule has 1 N–H and O–H groups in total. The second kappa shape index (κ2) is 7.22. The molecule has 0 amide bonds. The summed E-state index contributed by atoms with van der Waals surface area (Å²) in [5, 5.41) is 5.81. The first-order chi connectivity index (χ1) is 9.24. The molecule has 0 spiro atoms. The molecule has 1 aromatic carbocycles. The maximum atomic E-state index is 3.66. The van der Waals surface area contributed by atoms with E-state index in [1.54, 1.807) is 0 Å². The van der Waals surface area contributed by atoms with Crippen LogP contribution in [-0.4, -0.2) is 6.54 Å². The summed E-state index contributed by atoms with van der Waals surface area (Å²) in [6.07, 6.45) is 2.24. The molecule has 102 valence electrons. The van der Waals surface area contributed by atoms with E-state index in [9.17, 15) is 0 Å². The summed E-state index contributed by atoms with van der Waals surface area (Å²) >= 11 is 5.36. The van der Waals surface area contributed by atoms with Crippen molar-refractivity contribution >= 4 is 27.3 Å². The zero-order valence-corrected chi connectivity index (χ0v) is 13.9. The number of hydrogen-bond donors (Lipinski definition) is 1. The minimum absolute atomic E-state index is 0.308. The van der Waals surface area contributed by atoms with Gasteiger partial charge in [-0.25, -0.2) is 0 Å². The summed E-state index contributed by atoms with van der Waals surface area (Å²) in [7, 11) is 0. The van der Waals surface area contributed by atoms with E-state index in [4.69, 9.17) is 0 Å². The van der Waals surface area contributed by atoms with Crippen LogP contribution in [0.3, 0.4) is 0 Å². The Morgan fingerprint density at radius 3 is 2.74 bits per heavy atom. The number of halogens is 1. The van der Waals surface area contributed by atoms with E-state index in [2.05, 4.69) is 70.8 Å². The van der Waals surface area contributed by atoms with Crippen LogP contribution in [0.5, 0.6) is 0 Å². The van der Waals surface area contributed by atoms with Gasteiger partial charge in [0.05, 0.1) is 6.04 Å². The lowest BCUT2D eigenvalue weighted by Crippen LogP contribution is -2.22. The molecule has 0 aliphatic rings. The fraction of sp³-hybridized carbons (Fsp3) is 0.375. The molecule has 1 nitrogen and oxygen atoms in total. The fourth-order valence-corrected chi connectivity index (χ4v) is 3.69. The SMILES string of the molecule is CCCNC(c1cccc(CC)c1)c1cc(Br)cs1. The predicted octanol–water partition coefficient (Wildman–Crippen LogP) is 5.16. The van der Waals surface area contributed by atoms with E-state index in [0.717, 1.165) is 19.4 Å². The van der Waals surface area contributed by atoms with Crippen molar-refractivity contribution in [3.63, 3.8) is 0 Å². The van der Waals surface area contributed by atoms with Crippen LogP contribution in [0.25, 0.3) is 0 Å². The van der Waals surface area contributed by atoms with E-state index >= 15 is 0 Å². The third-order valence-corrected chi connectivity index (χ3v) is 4.92. The van der Waals surface area contributed by atoms with Crippen LogP contribution in [0.4, 0.5) is 0 Å². The minimum Gasteiger partial charge on any atom is -0.306 e. The second-order valence-electron chi connectivity index (χ2n) is 4.65. The number of nitrogens with one attached hydrogen (secondary N) is 1. The van der Waals surface area contributed by atoms with Gasteiger partial charge in [0.1, 0.15) is 0 Å². The van der Waals surface area contributed by atoms with Crippen molar-refractivity contribution in [2.24, 2.45) is 0 Å². The Morgan fingerprint density at radius 1 is 1.26 bits per heavy atom. The summed E-state index contributed by atoms with van der Waals surface area (Å²) in [6, 6.07) is 11.4. The van der Waals surface area contributed by atoms with Crippen molar-refractivity contribution in [3.8, 4) is 0 Å². The molecule has 2 aromatic rings. The summed E-state index contributed by atoms with van der Waals surface area (Å²) < 4.78 is 1.17. The summed E-state index contributed by atoms with van der Waals surface area (Å²) in [4.78, 5) is 1.37. The Balaban J connectivity index is 2.30. The molecule has 0 bridgehead atoms. The molecule has 0 radical (unpaired) electrons. The van der Waals surface area contributed by atoms with Gasteiger partial charge in [0.15, 0.2) is 0 Å². The van der Waals surface area contributed by atoms with E-state index in [1.165, 1.54) is 20.5 Å². The zero-order chi connectivity index (χ0) is 13.7. The number of thiophene rings is 1. The van der Waals surface area contributed by atoms with Gasteiger partial charge < -0.3 is 5.32 Å². The van der Waals surface area contributed by atoms with Gasteiger partial charge in [0.2, 0.25) is 0 Å². The van der Waals surface area contributed by atoms with Crippen molar-refractivity contribution in [3.05, 3.63) is 56.2 Å². The van der Waals surface area contributed by atoms with Gasteiger partial charge in [0, 0.05) is 14.7 Å². The average molecular weight is 338 g/mol. The van der Waals surface area contributed by atoms with E-state index in [0.29, 0.717) is 6.04 Å². The van der Waals surface area contributed by atoms with Gasteiger partial charge in [-0.2, -0.15) is 0 Å². The highest BCUT2D eigenvalue weighted by Gasteiger charge is 2.15. The van der Waals surface area contributed by atoms with Gasteiger partial charge in [-0.3, -0.25) is 0 Å². The first-order valence-electron chi connectivity index (χ1n) is 6.80. The van der Waals surface area contributed by atoms with Crippen molar-refractivity contribution < 1.29 is 0 Å². The van der Waals surface area contributed by atoms with E-state index in [-0.39, 0.29) is 0 Å². The Kier molecular flexibility index (Phi) is 5.61. The molecule has 1 atom stereocenters. The standard InChI is InChI=1S/C16H20BrNS/c1-3-8-18-16(15-10-14(17)11-19-15)13-7-5-6-12(4-2)9-13/h5-7,9-11,16,18H,3-4,8H2,1-2H3. The normalized spacial score (nSPS) is 12.6. The lowest BCUT2D eigenvalue weighted by molar-refractivity contribution is 0.605. The van der Waals surface area contributed by atoms with Crippen LogP contribution in [0.15, 0.2) is 40.2 Å². The molecule has 0 saturated carbocycles. The predicted molar refractivity (Wildman–Crippen MR) is 88.0 cm³/mol. The highest BCUT2D eigenvalue weighted by molar-refractivity contribution is 9.10. The molecular weight excluding hydrogens is 318 g/mol. The highest BCUT2D eigenvalue weighted by atomic mass is 79.9. The summed E-state index contributed by atoms with van der Waals surface area (Å²) in [6.45, 7) is 5.45. The van der Waals surface area contributed by atoms with Gasteiger partial charge >= 0.3 is 0 Å². The molecule has 19 heavy (non-hydrogen) atoms. The molecule has 0 saturated heterocycles. The molecule has 1 heterocycles.